The highest BCUT2D eigenvalue weighted by Crippen LogP contribution is 2.27. The summed E-state index contributed by atoms with van der Waals surface area (Å²) in [6, 6.07) is 19.0. The molecule has 0 spiro atoms. The Labute approximate surface area is 192 Å². The number of hydrogen-bond acceptors (Lipinski definition) is 5. The van der Waals surface area contributed by atoms with Crippen molar-refractivity contribution in [3.8, 4) is 0 Å². The van der Waals surface area contributed by atoms with E-state index in [-0.39, 0.29) is 22.3 Å². The van der Waals surface area contributed by atoms with Crippen molar-refractivity contribution in [1.82, 2.24) is 0 Å². The zero-order valence-electron chi connectivity index (χ0n) is 15.9. The van der Waals surface area contributed by atoms with Gasteiger partial charge in [-0.25, -0.2) is 8.42 Å². The van der Waals surface area contributed by atoms with Crippen LogP contribution in [0.3, 0.4) is 0 Å². The number of amides is 1. The van der Waals surface area contributed by atoms with Crippen molar-refractivity contribution < 1.29 is 22.0 Å². The molecular weight excluding hydrogens is 506 g/mol. The van der Waals surface area contributed by atoms with Crippen LogP contribution in [0.4, 0.5) is 5.69 Å². The molecule has 0 unspecified atom stereocenters. The first-order valence-electron chi connectivity index (χ1n) is 9.05. The second-order valence-electron chi connectivity index (χ2n) is 6.53. The Morgan fingerprint density at radius 3 is 2.45 bits per heavy atom. The van der Waals surface area contributed by atoms with Crippen molar-refractivity contribution in [1.29, 1.82) is 0 Å². The molecule has 158 valence electrons. The van der Waals surface area contributed by atoms with Crippen LogP contribution < -0.4 is 4.90 Å². The molecule has 9 heteroatoms. The maximum atomic E-state index is 13.3. The number of nitrogens with zero attached hydrogens (tertiary/aromatic N) is 1. The van der Waals surface area contributed by atoms with Crippen molar-refractivity contribution in [3.63, 3.8) is 0 Å². The Kier molecular flexibility index (Phi) is 6.04. The molecule has 1 amide bonds. The number of hydrogen-bond donors (Lipinski definition) is 0. The van der Waals surface area contributed by atoms with E-state index in [1.807, 2.05) is 0 Å². The van der Waals surface area contributed by atoms with Crippen LogP contribution in [0.2, 0.25) is 5.02 Å². The smallest absolute Gasteiger partial charge is 0.294 e. The third-order valence-electron chi connectivity index (χ3n) is 4.44. The van der Waals surface area contributed by atoms with Crippen LogP contribution in [0.1, 0.15) is 16.3 Å². The molecule has 2 aromatic carbocycles. The van der Waals surface area contributed by atoms with Gasteiger partial charge in [-0.3, -0.25) is 9.69 Å². The van der Waals surface area contributed by atoms with Gasteiger partial charge in [0.15, 0.2) is 5.76 Å². The summed E-state index contributed by atoms with van der Waals surface area (Å²) < 4.78 is 37.3. The average molecular weight is 521 g/mol. The fourth-order valence-electron chi connectivity index (χ4n) is 2.93. The largest absolute Gasteiger partial charge is 0.467 e. The van der Waals surface area contributed by atoms with E-state index in [1.54, 1.807) is 48.5 Å². The number of carbonyl (C=O) groups is 1. The molecule has 0 bridgehead atoms. The summed E-state index contributed by atoms with van der Waals surface area (Å²) in [6.07, 6.45) is 1.51. The van der Waals surface area contributed by atoms with Gasteiger partial charge in [-0.2, -0.15) is 0 Å². The van der Waals surface area contributed by atoms with Gasteiger partial charge in [-0.1, -0.05) is 33.6 Å². The van der Waals surface area contributed by atoms with Crippen LogP contribution >= 0.6 is 27.5 Å². The van der Waals surface area contributed by atoms with Crippen molar-refractivity contribution in [2.45, 2.75) is 16.5 Å². The number of rotatable bonds is 6. The molecular formula is C22H15BrClNO5S. The lowest BCUT2D eigenvalue weighted by atomic mass is 10.2. The Morgan fingerprint density at radius 2 is 1.77 bits per heavy atom. The molecule has 2 aromatic heterocycles. The number of benzene rings is 2. The summed E-state index contributed by atoms with van der Waals surface area (Å²) in [5.41, 5.74) is 0.516. The lowest BCUT2D eigenvalue weighted by Crippen LogP contribution is -2.30. The van der Waals surface area contributed by atoms with Gasteiger partial charge >= 0.3 is 0 Å². The number of carbonyl (C=O) groups excluding carboxylic acids is 1. The van der Waals surface area contributed by atoms with Crippen molar-refractivity contribution in [2.75, 3.05) is 4.90 Å². The summed E-state index contributed by atoms with van der Waals surface area (Å²) in [5.74, 6) is -0.110. The fraction of sp³-hybridized carbons (Fsp3) is 0.0455. The van der Waals surface area contributed by atoms with Gasteiger partial charge in [0.25, 0.3) is 5.91 Å². The lowest BCUT2D eigenvalue weighted by molar-refractivity contribution is 0.0951. The molecule has 0 aliphatic carbocycles. The van der Waals surface area contributed by atoms with Crippen LogP contribution in [-0.2, 0) is 16.4 Å². The van der Waals surface area contributed by atoms with Gasteiger partial charge in [-0.05, 0) is 66.7 Å². The van der Waals surface area contributed by atoms with E-state index in [0.717, 1.165) is 4.47 Å². The van der Waals surface area contributed by atoms with Crippen LogP contribution in [0, 0.1) is 0 Å². The molecule has 0 aliphatic heterocycles. The highest BCUT2D eigenvalue weighted by molar-refractivity contribution is 9.10. The minimum absolute atomic E-state index is 0.0614. The van der Waals surface area contributed by atoms with Crippen molar-refractivity contribution in [3.05, 3.63) is 100 Å². The zero-order chi connectivity index (χ0) is 22.0. The van der Waals surface area contributed by atoms with Gasteiger partial charge in [-0.15, -0.1) is 0 Å². The highest BCUT2D eigenvalue weighted by Gasteiger charge is 2.27. The van der Waals surface area contributed by atoms with Crippen LogP contribution in [-0.4, -0.2) is 14.3 Å². The highest BCUT2D eigenvalue weighted by atomic mass is 79.9. The van der Waals surface area contributed by atoms with E-state index in [1.165, 1.54) is 35.4 Å². The molecule has 0 radical (unpaired) electrons. The number of sulfone groups is 1. The zero-order valence-corrected chi connectivity index (χ0v) is 19.0. The Balaban J connectivity index is 1.68. The monoisotopic (exact) mass is 519 g/mol. The van der Waals surface area contributed by atoms with E-state index >= 15 is 0 Å². The Morgan fingerprint density at radius 1 is 1.00 bits per heavy atom. The number of anilines is 1. The van der Waals surface area contributed by atoms with Crippen molar-refractivity contribution >= 4 is 49.0 Å². The normalized spacial score (nSPS) is 11.4. The van der Waals surface area contributed by atoms with E-state index in [4.69, 9.17) is 20.4 Å². The SMILES string of the molecule is O=C(c1ccc(S(=O)(=O)c2ccc(Br)cc2)o1)N(Cc1ccco1)c1cccc(Cl)c1. The predicted molar refractivity (Wildman–Crippen MR) is 119 cm³/mol. The molecule has 2 heterocycles. The molecule has 6 nitrogen and oxygen atoms in total. The fourth-order valence-corrected chi connectivity index (χ4v) is 4.55. The molecule has 0 saturated carbocycles. The average Bonchev–Trinajstić information content (AvgIpc) is 3.44. The van der Waals surface area contributed by atoms with Crippen LogP contribution in [0.25, 0.3) is 0 Å². The molecule has 0 aliphatic rings. The quantitative estimate of drug-likeness (QED) is 0.313. The molecule has 0 atom stereocenters. The van der Waals surface area contributed by atoms with Gasteiger partial charge in [0.2, 0.25) is 14.9 Å². The standard InChI is InChI=1S/C22H15BrClNO5S/c23-15-6-8-19(9-7-15)31(27,28)21-11-10-20(30-21)22(26)25(14-18-5-2-12-29-18)17-4-1-3-16(24)13-17/h1-13H,14H2. The van der Waals surface area contributed by atoms with E-state index < -0.39 is 15.7 Å². The van der Waals surface area contributed by atoms with E-state index in [0.29, 0.717) is 16.5 Å². The molecule has 31 heavy (non-hydrogen) atoms. The van der Waals surface area contributed by atoms with Gasteiger partial charge < -0.3 is 8.83 Å². The first-order chi connectivity index (χ1) is 14.8. The minimum Gasteiger partial charge on any atom is -0.467 e. The topological polar surface area (TPSA) is 80.7 Å². The molecule has 0 N–H and O–H groups in total. The third-order valence-corrected chi connectivity index (χ3v) is 6.85. The maximum Gasteiger partial charge on any atom is 0.294 e. The van der Waals surface area contributed by atoms with Gasteiger partial charge in [0.1, 0.15) is 5.76 Å². The third kappa shape index (κ3) is 4.61. The number of halogens is 2. The minimum atomic E-state index is -3.91. The van der Waals surface area contributed by atoms with Gasteiger partial charge in [0, 0.05) is 15.2 Å². The predicted octanol–water partition coefficient (Wildman–Crippen LogP) is 5.97. The molecule has 0 saturated heterocycles. The second kappa shape index (κ2) is 8.74. The van der Waals surface area contributed by atoms with E-state index in [9.17, 15) is 13.2 Å². The molecule has 4 rings (SSSR count). The maximum absolute atomic E-state index is 13.3. The van der Waals surface area contributed by atoms with Crippen molar-refractivity contribution in [2.24, 2.45) is 0 Å². The summed E-state index contributed by atoms with van der Waals surface area (Å²) in [6.45, 7) is 0.113. The Hall–Kier alpha value is -2.81. The summed E-state index contributed by atoms with van der Waals surface area (Å²) in [4.78, 5) is 14.7. The Bertz CT molecular complexity index is 1310. The summed E-state index contributed by atoms with van der Waals surface area (Å²) in [7, 11) is -3.91. The lowest BCUT2D eigenvalue weighted by Gasteiger charge is -2.21. The van der Waals surface area contributed by atoms with Gasteiger partial charge in [0.05, 0.1) is 17.7 Å². The number of furan rings is 2. The van der Waals surface area contributed by atoms with Crippen LogP contribution in [0.5, 0.6) is 0 Å². The first-order valence-corrected chi connectivity index (χ1v) is 11.7. The first kappa shape index (κ1) is 21.4. The molecule has 0 fully saturated rings. The van der Waals surface area contributed by atoms with Crippen LogP contribution in [0.15, 0.2) is 102 Å². The molecule has 4 aromatic rings. The summed E-state index contributed by atoms with van der Waals surface area (Å²) in [5, 5.41) is 0.134. The second-order valence-corrected chi connectivity index (χ2v) is 9.76. The summed E-state index contributed by atoms with van der Waals surface area (Å²) >= 11 is 9.37. The van der Waals surface area contributed by atoms with E-state index in [2.05, 4.69) is 15.9 Å².